The zero-order chi connectivity index (χ0) is 14.4. The summed E-state index contributed by atoms with van der Waals surface area (Å²) in [6.07, 6.45) is 2.38. The van der Waals surface area contributed by atoms with E-state index < -0.39 is 0 Å². The molecule has 2 N–H and O–H groups in total. The van der Waals surface area contributed by atoms with Gasteiger partial charge in [-0.1, -0.05) is 30.7 Å². The number of amides is 2. The van der Waals surface area contributed by atoms with Crippen LogP contribution in [0.3, 0.4) is 0 Å². The first-order valence-corrected chi connectivity index (χ1v) is 6.89. The van der Waals surface area contributed by atoms with E-state index in [2.05, 4.69) is 10.6 Å². The van der Waals surface area contributed by atoms with Gasteiger partial charge in [0.2, 0.25) is 0 Å². The van der Waals surface area contributed by atoms with Gasteiger partial charge in [0, 0.05) is 5.02 Å². The predicted octanol–water partition coefficient (Wildman–Crippen LogP) is 3.88. The molecule has 0 bridgehead atoms. The van der Waals surface area contributed by atoms with Gasteiger partial charge in [-0.2, -0.15) is 0 Å². The van der Waals surface area contributed by atoms with Crippen LogP contribution in [-0.4, -0.2) is 6.03 Å². The second kappa shape index (κ2) is 7.01. The molecule has 0 radical (unpaired) electrons. The lowest BCUT2D eigenvalue weighted by Crippen LogP contribution is -2.37. The molecule has 1 aromatic carbocycles. The summed E-state index contributed by atoms with van der Waals surface area (Å²) in [5.41, 5.74) is 1.03. The Bertz CT molecular complexity index is 538. The smallest absolute Gasteiger partial charge is 0.315 e. The van der Waals surface area contributed by atoms with Crippen LogP contribution in [0.5, 0.6) is 0 Å². The molecule has 0 spiro atoms. The number of benzene rings is 1. The summed E-state index contributed by atoms with van der Waals surface area (Å²) in [5.74, 6) is 0.722. The summed E-state index contributed by atoms with van der Waals surface area (Å²) < 4.78 is 5.16. The summed E-state index contributed by atoms with van der Waals surface area (Å²) in [4.78, 5) is 11.9. The van der Waals surface area contributed by atoms with Crippen LogP contribution in [0, 0.1) is 0 Å². The molecular weight excluding hydrogens is 276 g/mol. The van der Waals surface area contributed by atoms with Crippen molar-refractivity contribution < 1.29 is 9.21 Å². The fourth-order valence-electron chi connectivity index (χ4n) is 1.91. The highest BCUT2D eigenvalue weighted by atomic mass is 35.5. The van der Waals surface area contributed by atoms with E-state index in [-0.39, 0.29) is 12.1 Å². The minimum atomic E-state index is -0.219. The normalized spacial score (nSPS) is 11.9. The van der Waals surface area contributed by atoms with E-state index >= 15 is 0 Å². The van der Waals surface area contributed by atoms with E-state index in [4.69, 9.17) is 16.0 Å². The lowest BCUT2D eigenvalue weighted by molar-refractivity contribution is 0.235. The van der Waals surface area contributed by atoms with Gasteiger partial charge >= 0.3 is 6.03 Å². The van der Waals surface area contributed by atoms with Crippen molar-refractivity contribution in [2.45, 2.75) is 25.9 Å². The Morgan fingerprint density at radius 1 is 1.30 bits per heavy atom. The maximum atomic E-state index is 11.9. The van der Waals surface area contributed by atoms with Crippen molar-refractivity contribution in [1.82, 2.24) is 10.6 Å². The van der Waals surface area contributed by atoms with Crippen molar-refractivity contribution >= 4 is 17.6 Å². The third kappa shape index (κ3) is 4.03. The molecule has 1 heterocycles. The Morgan fingerprint density at radius 2 is 2.05 bits per heavy atom. The van der Waals surface area contributed by atoms with Crippen LogP contribution in [0.25, 0.3) is 0 Å². The maximum Gasteiger partial charge on any atom is 0.315 e. The third-order valence-corrected chi connectivity index (χ3v) is 3.24. The van der Waals surface area contributed by atoms with Crippen molar-refractivity contribution in [3.05, 3.63) is 59.0 Å². The average Bonchev–Trinajstić information content (AvgIpc) is 2.97. The summed E-state index contributed by atoms with van der Waals surface area (Å²) in [6, 6.07) is 10.8. The molecule has 1 aromatic heterocycles. The highest BCUT2D eigenvalue weighted by molar-refractivity contribution is 6.30. The minimum absolute atomic E-state index is 0.0381. The van der Waals surface area contributed by atoms with Gasteiger partial charge in [-0.25, -0.2) is 4.79 Å². The van der Waals surface area contributed by atoms with Gasteiger partial charge in [-0.05, 0) is 36.2 Å². The highest BCUT2D eigenvalue weighted by Crippen LogP contribution is 2.18. The summed E-state index contributed by atoms with van der Waals surface area (Å²) >= 11 is 5.86. The molecule has 2 amide bonds. The highest BCUT2D eigenvalue weighted by Gasteiger charge is 2.12. The molecule has 1 unspecified atom stereocenters. The Morgan fingerprint density at radius 3 is 2.65 bits per heavy atom. The summed E-state index contributed by atoms with van der Waals surface area (Å²) in [6.45, 7) is 2.39. The number of carbonyl (C=O) groups is 1. The van der Waals surface area contributed by atoms with Crippen LogP contribution < -0.4 is 10.6 Å². The molecule has 2 aromatic rings. The average molecular weight is 293 g/mol. The topological polar surface area (TPSA) is 54.3 Å². The van der Waals surface area contributed by atoms with Crippen LogP contribution in [0.2, 0.25) is 5.02 Å². The zero-order valence-electron chi connectivity index (χ0n) is 11.2. The third-order valence-electron chi connectivity index (χ3n) is 2.99. The van der Waals surface area contributed by atoms with Crippen LogP contribution >= 0.6 is 11.6 Å². The van der Waals surface area contributed by atoms with Crippen molar-refractivity contribution in [1.29, 1.82) is 0 Å². The van der Waals surface area contributed by atoms with E-state index in [1.165, 1.54) is 0 Å². The van der Waals surface area contributed by atoms with Gasteiger partial charge in [0.15, 0.2) is 0 Å². The lowest BCUT2D eigenvalue weighted by Gasteiger charge is -2.17. The lowest BCUT2D eigenvalue weighted by atomic mass is 10.1. The maximum absolute atomic E-state index is 11.9. The number of hydrogen-bond acceptors (Lipinski definition) is 2. The molecule has 0 saturated heterocycles. The van der Waals surface area contributed by atoms with Crippen molar-refractivity contribution in [2.75, 3.05) is 0 Å². The van der Waals surface area contributed by atoms with Gasteiger partial charge in [0.05, 0.1) is 18.8 Å². The fourth-order valence-corrected chi connectivity index (χ4v) is 2.03. The van der Waals surface area contributed by atoms with Gasteiger partial charge in [0.25, 0.3) is 0 Å². The molecule has 1 atom stereocenters. The number of carbonyl (C=O) groups excluding carboxylic acids is 1. The Balaban J connectivity index is 1.89. The Kier molecular flexibility index (Phi) is 5.07. The predicted molar refractivity (Wildman–Crippen MR) is 78.6 cm³/mol. The number of furan rings is 1. The van der Waals surface area contributed by atoms with Gasteiger partial charge in [0.1, 0.15) is 5.76 Å². The molecule has 20 heavy (non-hydrogen) atoms. The second-order valence-corrected chi connectivity index (χ2v) is 4.86. The number of urea groups is 1. The summed E-state index contributed by atoms with van der Waals surface area (Å²) in [5, 5.41) is 6.38. The van der Waals surface area contributed by atoms with Crippen LogP contribution in [0.1, 0.15) is 30.7 Å². The van der Waals surface area contributed by atoms with Crippen molar-refractivity contribution in [3.8, 4) is 0 Å². The quantitative estimate of drug-likeness (QED) is 0.878. The second-order valence-electron chi connectivity index (χ2n) is 4.42. The van der Waals surface area contributed by atoms with Gasteiger partial charge in [-0.15, -0.1) is 0 Å². The standard InChI is InChI=1S/C15H17ClN2O2/c1-2-14(11-5-7-12(16)8-6-11)18-15(19)17-10-13-4-3-9-20-13/h3-9,14H,2,10H2,1H3,(H2,17,18,19). The number of rotatable bonds is 5. The van der Waals surface area contributed by atoms with E-state index in [0.29, 0.717) is 11.6 Å². The molecule has 5 heteroatoms. The van der Waals surface area contributed by atoms with E-state index in [9.17, 15) is 4.79 Å². The monoisotopic (exact) mass is 292 g/mol. The number of hydrogen-bond donors (Lipinski definition) is 2. The molecule has 2 rings (SSSR count). The minimum Gasteiger partial charge on any atom is -0.467 e. The first-order valence-electron chi connectivity index (χ1n) is 6.51. The van der Waals surface area contributed by atoms with Crippen molar-refractivity contribution in [2.24, 2.45) is 0 Å². The van der Waals surface area contributed by atoms with E-state index in [1.54, 1.807) is 12.3 Å². The molecule has 4 nitrogen and oxygen atoms in total. The van der Waals surface area contributed by atoms with Crippen LogP contribution in [0.4, 0.5) is 4.79 Å². The van der Waals surface area contributed by atoms with Crippen LogP contribution in [-0.2, 0) is 6.54 Å². The molecule has 0 aliphatic carbocycles. The van der Waals surface area contributed by atoms with E-state index in [1.807, 2.05) is 37.3 Å². The molecule has 0 aliphatic rings. The number of nitrogens with one attached hydrogen (secondary N) is 2. The molecule has 0 fully saturated rings. The Labute approximate surface area is 123 Å². The molecule has 106 valence electrons. The largest absolute Gasteiger partial charge is 0.467 e. The first kappa shape index (κ1) is 14.5. The molecule has 0 aliphatic heterocycles. The van der Waals surface area contributed by atoms with Gasteiger partial charge < -0.3 is 15.1 Å². The summed E-state index contributed by atoms with van der Waals surface area (Å²) in [7, 11) is 0. The molecule has 0 saturated carbocycles. The zero-order valence-corrected chi connectivity index (χ0v) is 12.0. The SMILES string of the molecule is CCC(NC(=O)NCc1ccco1)c1ccc(Cl)cc1. The van der Waals surface area contributed by atoms with Gasteiger partial charge in [-0.3, -0.25) is 0 Å². The van der Waals surface area contributed by atoms with Crippen LogP contribution in [0.15, 0.2) is 47.1 Å². The Hall–Kier alpha value is -1.94. The van der Waals surface area contributed by atoms with Crippen molar-refractivity contribution in [3.63, 3.8) is 0 Å². The fraction of sp³-hybridized carbons (Fsp3) is 0.267. The first-order chi connectivity index (χ1) is 9.69. The molecular formula is C15H17ClN2O2. The van der Waals surface area contributed by atoms with E-state index in [0.717, 1.165) is 17.7 Å². The number of halogens is 1.